The molecule has 0 aliphatic rings. The molecule has 1 aromatic heterocycles. The standard InChI is InChI=1S/C24H26N4O3S/c1-16-6-7-17(2)22(12-16)31-14-23(29)28-27-18(3)19-8-9-21(30-4)20(13-19)15-32-24-25-10-5-11-26-24/h5-13H,14-15H2,1-4H3,(H,28,29). The molecule has 3 aromatic rings. The summed E-state index contributed by atoms with van der Waals surface area (Å²) in [6.07, 6.45) is 3.43. The summed E-state index contributed by atoms with van der Waals surface area (Å²) in [5.74, 6) is 1.79. The Morgan fingerprint density at radius 2 is 1.88 bits per heavy atom. The molecule has 8 heteroatoms. The summed E-state index contributed by atoms with van der Waals surface area (Å²) in [4.78, 5) is 20.7. The minimum absolute atomic E-state index is 0.108. The van der Waals surface area contributed by atoms with Gasteiger partial charge in [0, 0.05) is 23.7 Å². The molecular weight excluding hydrogens is 424 g/mol. The van der Waals surface area contributed by atoms with E-state index in [-0.39, 0.29) is 12.5 Å². The lowest BCUT2D eigenvalue weighted by Gasteiger charge is -2.11. The van der Waals surface area contributed by atoms with Crippen molar-refractivity contribution in [3.8, 4) is 11.5 Å². The molecule has 0 atom stereocenters. The van der Waals surface area contributed by atoms with Crippen LogP contribution in [0.4, 0.5) is 0 Å². The van der Waals surface area contributed by atoms with E-state index < -0.39 is 0 Å². The van der Waals surface area contributed by atoms with E-state index in [1.165, 1.54) is 11.8 Å². The van der Waals surface area contributed by atoms with Crippen molar-refractivity contribution < 1.29 is 14.3 Å². The molecule has 0 aliphatic carbocycles. The predicted molar refractivity (Wildman–Crippen MR) is 126 cm³/mol. The first-order chi connectivity index (χ1) is 15.5. The van der Waals surface area contributed by atoms with Gasteiger partial charge in [-0.2, -0.15) is 5.10 Å². The fourth-order valence-corrected chi connectivity index (χ4v) is 3.65. The number of methoxy groups -OCH3 is 1. The number of rotatable bonds is 9. The van der Waals surface area contributed by atoms with E-state index in [1.807, 2.05) is 57.2 Å². The van der Waals surface area contributed by atoms with Crippen LogP contribution in [0.5, 0.6) is 11.5 Å². The van der Waals surface area contributed by atoms with Gasteiger partial charge in [-0.3, -0.25) is 4.79 Å². The van der Waals surface area contributed by atoms with Crippen molar-refractivity contribution in [2.24, 2.45) is 5.10 Å². The monoisotopic (exact) mass is 450 g/mol. The Hall–Kier alpha value is -3.39. The third-order valence-corrected chi connectivity index (χ3v) is 5.57. The third-order valence-electron chi connectivity index (χ3n) is 4.65. The second kappa shape index (κ2) is 11.3. The third kappa shape index (κ3) is 6.55. The van der Waals surface area contributed by atoms with Gasteiger partial charge in [0.2, 0.25) is 0 Å². The number of thioether (sulfide) groups is 1. The van der Waals surface area contributed by atoms with Crippen molar-refractivity contribution in [3.63, 3.8) is 0 Å². The van der Waals surface area contributed by atoms with Gasteiger partial charge in [0.25, 0.3) is 5.91 Å². The van der Waals surface area contributed by atoms with Crippen LogP contribution >= 0.6 is 11.8 Å². The van der Waals surface area contributed by atoms with Crippen molar-refractivity contribution in [2.75, 3.05) is 13.7 Å². The molecule has 1 N–H and O–H groups in total. The van der Waals surface area contributed by atoms with Gasteiger partial charge >= 0.3 is 0 Å². The molecule has 166 valence electrons. The summed E-state index contributed by atoms with van der Waals surface area (Å²) in [5, 5.41) is 4.92. The Kier molecular flexibility index (Phi) is 8.21. The first kappa shape index (κ1) is 23.3. The largest absolute Gasteiger partial charge is 0.496 e. The molecule has 2 aromatic carbocycles. The minimum atomic E-state index is -0.323. The molecule has 0 fully saturated rings. The number of hydrogen-bond donors (Lipinski definition) is 1. The highest BCUT2D eigenvalue weighted by Crippen LogP contribution is 2.27. The molecule has 3 rings (SSSR count). The van der Waals surface area contributed by atoms with Crippen LogP contribution < -0.4 is 14.9 Å². The van der Waals surface area contributed by atoms with Gasteiger partial charge in [-0.15, -0.1) is 0 Å². The van der Waals surface area contributed by atoms with Crippen molar-refractivity contribution in [3.05, 3.63) is 77.1 Å². The van der Waals surface area contributed by atoms with Crippen LogP contribution in [0.1, 0.15) is 29.2 Å². The maximum Gasteiger partial charge on any atom is 0.277 e. The number of hydrazone groups is 1. The molecule has 0 aliphatic heterocycles. The first-order valence-corrected chi connectivity index (χ1v) is 11.0. The van der Waals surface area contributed by atoms with E-state index in [0.717, 1.165) is 28.0 Å². The quantitative estimate of drug-likeness (QED) is 0.226. The molecule has 7 nitrogen and oxygen atoms in total. The van der Waals surface area contributed by atoms with Gasteiger partial charge in [0.1, 0.15) is 11.5 Å². The molecule has 1 heterocycles. The number of aryl methyl sites for hydroxylation is 2. The zero-order valence-electron chi connectivity index (χ0n) is 18.6. The van der Waals surface area contributed by atoms with Crippen molar-refractivity contribution in [2.45, 2.75) is 31.7 Å². The molecule has 0 unspecified atom stereocenters. The van der Waals surface area contributed by atoms with Crippen molar-refractivity contribution in [1.29, 1.82) is 0 Å². The van der Waals surface area contributed by atoms with E-state index in [9.17, 15) is 4.79 Å². The predicted octanol–water partition coefficient (Wildman–Crippen LogP) is 4.31. The maximum atomic E-state index is 12.2. The fourth-order valence-electron chi connectivity index (χ4n) is 2.87. The maximum absolute atomic E-state index is 12.2. The Morgan fingerprint density at radius 3 is 2.62 bits per heavy atom. The van der Waals surface area contributed by atoms with Gasteiger partial charge in [-0.05, 0) is 67.8 Å². The van der Waals surface area contributed by atoms with Crippen LogP contribution in [-0.2, 0) is 10.5 Å². The SMILES string of the molecule is COc1ccc(C(C)=NNC(=O)COc2cc(C)ccc2C)cc1CSc1ncccn1. The average Bonchev–Trinajstić information content (AvgIpc) is 2.82. The summed E-state index contributed by atoms with van der Waals surface area (Å²) < 4.78 is 11.1. The Labute approximate surface area is 192 Å². The smallest absolute Gasteiger partial charge is 0.277 e. The molecule has 0 saturated heterocycles. The number of ether oxygens (including phenoxy) is 2. The topological polar surface area (TPSA) is 85.7 Å². The van der Waals surface area contributed by atoms with Gasteiger partial charge in [0.05, 0.1) is 12.8 Å². The van der Waals surface area contributed by atoms with Gasteiger partial charge in [-0.25, -0.2) is 15.4 Å². The van der Waals surface area contributed by atoms with Crippen LogP contribution in [0.15, 0.2) is 65.1 Å². The van der Waals surface area contributed by atoms with Crippen LogP contribution in [0, 0.1) is 13.8 Å². The molecule has 0 bridgehead atoms. The lowest BCUT2D eigenvalue weighted by molar-refractivity contribution is -0.123. The minimum Gasteiger partial charge on any atom is -0.496 e. The zero-order valence-corrected chi connectivity index (χ0v) is 19.4. The van der Waals surface area contributed by atoms with Crippen molar-refractivity contribution in [1.82, 2.24) is 15.4 Å². The Bertz CT molecular complexity index is 1100. The number of carbonyl (C=O) groups is 1. The van der Waals surface area contributed by atoms with Gasteiger partial charge < -0.3 is 9.47 Å². The number of nitrogens with one attached hydrogen (secondary N) is 1. The second-order valence-electron chi connectivity index (χ2n) is 7.14. The number of amides is 1. The molecule has 32 heavy (non-hydrogen) atoms. The van der Waals surface area contributed by atoms with E-state index in [1.54, 1.807) is 25.6 Å². The summed E-state index contributed by atoms with van der Waals surface area (Å²) >= 11 is 1.52. The Balaban J connectivity index is 1.62. The first-order valence-electron chi connectivity index (χ1n) is 10.1. The molecule has 0 saturated carbocycles. The highest BCUT2D eigenvalue weighted by atomic mass is 32.2. The highest BCUT2D eigenvalue weighted by molar-refractivity contribution is 7.98. The van der Waals surface area contributed by atoms with Crippen molar-refractivity contribution >= 4 is 23.4 Å². The zero-order chi connectivity index (χ0) is 22.9. The summed E-state index contributed by atoms with van der Waals surface area (Å²) in [6, 6.07) is 13.5. The number of carbonyl (C=O) groups excluding carboxylic acids is 1. The van der Waals surface area contributed by atoms with Crippen LogP contribution in [-0.4, -0.2) is 35.3 Å². The fraction of sp³-hybridized carbons (Fsp3) is 0.250. The molecule has 0 spiro atoms. The highest BCUT2D eigenvalue weighted by Gasteiger charge is 2.09. The van der Waals surface area contributed by atoms with E-state index in [4.69, 9.17) is 9.47 Å². The van der Waals surface area contributed by atoms with E-state index in [2.05, 4.69) is 20.5 Å². The molecular formula is C24H26N4O3S. The Morgan fingerprint density at radius 1 is 1.09 bits per heavy atom. The number of hydrogen-bond acceptors (Lipinski definition) is 7. The summed E-state index contributed by atoms with van der Waals surface area (Å²) in [5.41, 5.74) is 7.16. The molecule has 1 amide bonds. The lowest BCUT2D eigenvalue weighted by Crippen LogP contribution is -2.25. The van der Waals surface area contributed by atoms with Crippen LogP contribution in [0.2, 0.25) is 0 Å². The second-order valence-corrected chi connectivity index (χ2v) is 8.08. The average molecular weight is 451 g/mol. The lowest BCUT2D eigenvalue weighted by atomic mass is 10.1. The number of nitrogens with zero attached hydrogens (tertiary/aromatic N) is 3. The number of aromatic nitrogens is 2. The van der Waals surface area contributed by atoms with E-state index in [0.29, 0.717) is 22.4 Å². The number of benzene rings is 2. The van der Waals surface area contributed by atoms with E-state index >= 15 is 0 Å². The van der Waals surface area contributed by atoms with Gasteiger partial charge in [-0.1, -0.05) is 23.9 Å². The molecule has 0 radical (unpaired) electrons. The van der Waals surface area contributed by atoms with Crippen LogP contribution in [0.3, 0.4) is 0 Å². The normalized spacial score (nSPS) is 11.2. The van der Waals surface area contributed by atoms with Crippen LogP contribution in [0.25, 0.3) is 0 Å². The summed E-state index contributed by atoms with van der Waals surface area (Å²) in [6.45, 7) is 5.65. The van der Waals surface area contributed by atoms with Gasteiger partial charge in [0.15, 0.2) is 11.8 Å². The summed E-state index contributed by atoms with van der Waals surface area (Å²) in [7, 11) is 1.64.